The van der Waals surface area contributed by atoms with E-state index >= 15 is 0 Å². The average Bonchev–Trinajstić information content (AvgIpc) is 2.85. The Morgan fingerprint density at radius 3 is 2.03 bits per heavy atom. The van der Waals surface area contributed by atoms with Crippen LogP contribution in [0, 0.1) is 23.2 Å². The predicted molar refractivity (Wildman–Crippen MR) is 128 cm³/mol. The van der Waals surface area contributed by atoms with E-state index in [1.807, 2.05) is 30.3 Å². The van der Waals surface area contributed by atoms with Crippen LogP contribution in [0.5, 0.6) is 0 Å². The van der Waals surface area contributed by atoms with Crippen molar-refractivity contribution < 1.29 is 23.9 Å². The number of rotatable bonds is 6. The van der Waals surface area contributed by atoms with Crippen LogP contribution in [-0.4, -0.2) is 72.9 Å². The van der Waals surface area contributed by atoms with E-state index < -0.39 is 5.97 Å². The fourth-order valence-corrected chi connectivity index (χ4v) is 6.90. The van der Waals surface area contributed by atoms with Crippen LogP contribution in [0.15, 0.2) is 30.3 Å². The molecule has 4 bridgehead atoms. The molecule has 1 aromatic rings. The average molecular weight is 483 g/mol. The van der Waals surface area contributed by atoms with E-state index in [1.165, 1.54) is 19.3 Å². The quantitative estimate of drug-likeness (QED) is 0.605. The van der Waals surface area contributed by atoms with Crippen LogP contribution in [0.1, 0.15) is 38.5 Å². The molecule has 1 saturated heterocycles. The standard InChI is InChI=1S/C26H34N4O5/c31-22(29-6-8-30(9-7-29)25(34)28-21-4-2-1-3-5-21)17-35-23(32)16-27-24(33)26-13-18-10-19(14-26)12-20(11-18)15-26/h1-5,18-20H,6-17H2,(H,27,33)(H,28,34). The second-order valence-electron chi connectivity index (χ2n) is 10.7. The summed E-state index contributed by atoms with van der Waals surface area (Å²) in [6.45, 7) is 0.991. The third-order valence-corrected chi connectivity index (χ3v) is 8.21. The molecule has 0 spiro atoms. The molecule has 1 heterocycles. The number of esters is 1. The molecule has 0 atom stereocenters. The highest BCUT2D eigenvalue weighted by Crippen LogP contribution is 2.60. The molecule has 5 aliphatic rings. The van der Waals surface area contributed by atoms with Crippen LogP contribution in [0.2, 0.25) is 0 Å². The SMILES string of the molecule is O=C(CNC(=O)C12CC3CC(CC(C3)C1)C2)OCC(=O)N1CCN(C(=O)Nc2ccccc2)CC1. The van der Waals surface area contributed by atoms with Gasteiger partial charge in [-0.05, 0) is 68.4 Å². The van der Waals surface area contributed by atoms with E-state index in [0.717, 1.165) is 24.9 Å². The minimum Gasteiger partial charge on any atom is -0.454 e. The maximum atomic E-state index is 13.0. The van der Waals surface area contributed by atoms with Gasteiger partial charge in [0, 0.05) is 37.3 Å². The summed E-state index contributed by atoms with van der Waals surface area (Å²) in [6, 6.07) is 9.01. The fraction of sp³-hybridized carbons (Fsp3) is 0.615. The normalized spacial score (nSPS) is 29.0. The number of hydrogen-bond acceptors (Lipinski definition) is 5. The molecule has 1 aromatic carbocycles. The second-order valence-corrected chi connectivity index (χ2v) is 10.7. The van der Waals surface area contributed by atoms with E-state index in [0.29, 0.717) is 43.9 Å². The summed E-state index contributed by atoms with van der Waals surface area (Å²) in [4.78, 5) is 53.3. The van der Waals surface area contributed by atoms with Crippen molar-refractivity contribution in [1.82, 2.24) is 15.1 Å². The van der Waals surface area contributed by atoms with Crippen molar-refractivity contribution in [3.8, 4) is 0 Å². The van der Waals surface area contributed by atoms with Crippen molar-refractivity contribution in [2.24, 2.45) is 23.2 Å². The third kappa shape index (κ3) is 5.28. The fourth-order valence-electron chi connectivity index (χ4n) is 6.90. The Kier molecular flexibility index (Phi) is 6.67. The second kappa shape index (κ2) is 9.87. The lowest BCUT2D eigenvalue weighted by molar-refractivity contribution is -0.154. The van der Waals surface area contributed by atoms with Crippen molar-refractivity contribution in [3.05, 3.63) is 30.3 Å². The van der Waals surface area contributed by atoms with Crippen LogP contribution < -0.4 is 10.6 Å². The van der Waals surface area contributed by atoms with Crippen LogP contribution in [-0.2, 0) is 19.1 Å². The minimum atomic E-state index is -0.600. The van der Waals surface area contributed by atoms with Crippen LogP contribution in [0.3, 0.4) is 0 Å². The number of anilines is 1. The van der Waals surface area contributed by atoms with Crippen molar-refractivity contribution in [3.63, 3.8) is 0 Å². The molecule has 6 rings (SSSR count). The number of amides is 4. The van der Waals surface area contributed by atoms with E-state index in [2.05, 4.69) is 10.6 Å². The van der Waals surface area contributed by atoms with E-state index in [1.54, 1.807) is 9.80 Å². The van der Waals surface area contributed by atoms with Crippen molar-refractivity contribution >= 4 is 29.5 Å². The van der Waals surface area contributed by atoms with E-state index in [-0.39, 0.29) is 36.4 Å². The lowest BCUT2D eigenvalue weighted by Crippen LogP contribution is -2.54. The van der Waals surface area contributed by atoms with Gasteiger partial charge in [-0.15, -0.1) is 0 Å². The van der Waals surface area contributed by atoms with Gasteiger partial charge in [0.05, 0.1) is 0 Å². The molecular formula is C26H34N4O5. The predicted octanol–water partition coefficient (Wildman–Crippen LogP) is 2.24. The monoisotopic (exact) mass is 482 g/mol. The highest BCUT2D eigenvalue weighted by Gasteiger charge is 2.54. The zero-order valence-electron chi connectivity index (χ0n) is 20.0. The van der Waals surface area contributed by atoms with E-state index in [9.17, 15) is 19.2 Å². The van der Waals surface area contributed by atoms with E-state index in [4.69, 9.17) is 4.74 Å². The minimum absolute atomic E-state index is 0.0234. The molecule has 9 nitrogen and oxygen atoms in total. The summed E-state index contributed by atoms with van der Waals surface area (Å²) in [5.41, 5.74) is 0.412. The molecule has 0 radical (unpaired) electrons. The molecule has 35 heavy (non-hydrogen) atoms. The van der Waals surface area contributed by atoms with Gasteiger partial charge in [-0.25, -0.2) is 4.79 Å². The molecule has 4 amide bonds. The van der Waals surface area contributed by atoms with Crippen molar-refractivity contribution in [2.45, 2.75) is 38.5 Å². The highest BCUT2D eigenvalue weighted by atomic mass is 16.5. The molecule has 2 N–H and O–H groups in total. The van der Waals surface area contributed by atoms with Gasteiger partial charge in [0.25, 0.3) is 5.91 Å². The van der Waals surface area contributed by atoms with Crippen molar-refractivity contribution in [1.29, 1.82) is 0 Å². The zero-order valence-corrected chi connectivity index (χ0v) is 20.0. The summed E-state index contributed by atoms with van der Waals surface area (Å²) in [6.07, 6.45) is 6.57. The number of nitrogens with zero attached hydrogens (tertiary/aromatic N) is 2. The maximum Gasteiger partial charge on any atom is 0.325 e. The maximum absolute atomic E-state index is 13.0. The summed E-state index contributed by atoms with van der Waals surface area (Å²) < 4.78 is 5.14. The molecule has 0 aromatic heterocycles. The molecule has 188 valence electrons. The largest absolute Gasteiger partial charge is 0.454 e. The lowest BCUT2D eigenvalue weighted by atomic mass is 9.49. The van der Waals surface area contributed by atoms with Gasteiger partial charge in [0.1, 0.15) is 6.54 Å². The number of nitrogens with one attached hydrogen (secondary N) is 2. The van der Waals surface area contributed by atoms with Gasteiger partial charge in [-0.3, -0.25) is 14.4 Å². The third-order valence-electron chi connectivity index (χ3n) is 8.21. The smallest absolute Gasteiger partial charge is 0.325 e. The number of urea groups is 1. The number of ether oxygens (including phenoxy) is 1. The zero-order chi connectivity index (χ0) is 24.4. The van der Waals surface area contributed by atoms with Gasteiger partial charge >= 0.3 is 12.0 Å². The number of piperazine rings is 1. The Morgan fingerprint density at radius 2 is 1.43 bits per heavy atom. The molecular weight excluding hydrogens is 448 g/mol. The molecule has 4 aliphatic carbocycles. The first-order valence-electron chi connectivity index (χ1n) is 12.7. The Labute approximate surface area is 205 Å². The van der Waals surface area contributed by atoms with Gasteiger partial charge in [-0.2, -0.15) is 0 Å². The Balaban J connectivity index is 1.01. The summed E-state index contributed by atoms with van der Waals surface area (Å²) in [5.74, 6) is 1.04. The number of benzene rings is 1. The van der Waals surface area contributed by atoms with Gasteiger partial charge < -0.3 is 25.2 Å². The Hall–Kier alpha value is -3.10. The molecule has 9 heteroatoms. The van der Waals surface area contributed by atoms with Crippen LogP contribution >= 0.6 is 0 Å². The van der Waals surface area contributed by atoms with Crippen LogP contribution in [0.4, 0.5) is 10.5 Å². The first-order valence-corrected chi connectivity index (χ1v) is 12.7. The Bertz CT molecular complexity index is 938. The first-order chi connectivity index (χ1) is 16.9. The molecule has 0 unspecified atom stereocenters. The summed E-state index contributed by atoms with van der Waals surface area (Å²) in [7, 11) is 0. The number of carbonyl (C=O) groups is 4. The Morgan fingerprint density at radius 1 is 0.857 bits per heavy atom. The highest BCUT2D eigenvalue weighted by molar-refractivity contribution is 5.90. The topological polar surface area (TPSA) is 108 Å². The number of carbonyl (C=O) groups excluding carboxylic acids is 4. The summed E-state index contributed by atoms with van der Waals surface area (Å²) >= 11 is 0. The summed E-state index contributed by atoms with van der Waals surface area (Å²) in [5, 5.41) is 5.63. The van der Waals surface area contributed by atoms with Crippen molar-refractivity contribution in [2.75, 3.05) is 44.6 Å². The van der Waals surface area contributed by atoms with Gasteiger partial charge in [-0.1, -0.05) is 18.2 Å². The first kappa shape index (κ1) is 23.6. The van der Waals surface area contributed by atoms with Gasteiger partial charge in [0.15, 0.2) is 6.61 Å². The van der Waals surface area contributed by atoms with Gasteiger partial charge in [0.2, 0.25) is 5.91 Å². The van der Waals surface area contributed by atoms with Crippen LogP contribution in [0.25, 0.3) is 0 Å². The number of para-hydroxylation sites is 1. The molecule has 4 saturated carbocycles. The lowest BCUT2D eigenvalue weighted by Gasteiger charge is -2.55. The number of hydrogen-bond donors (Lipinski definition) is 2. The molecule has 5 fully saturated rings. The molecule has 1 aliphatic heterocycles.